The van der Waals surface area contributed by atoms with E-state index in [1.165, 1.54) is 10.1 Å². The number of fused-ring (bicyclic) bond motifs is 1. The minimum absolute atomic E-state index is 0.239. The maximum absolute atomic E-state index is 12.6. The van der Waals surface area contributed by atoms with Crippen LogP contribution in [0.25, 0.3) is 10.9 Å². The molecule has 0 aliphatic rings. The monoisotopic (exact) mass is 361 g/mol. The fourth-order valence-electron chi connectivity index (χ4n) is 2.90. The van der Waals surface area contributed by atoms with Gasteiger partial charge in [-0.15, -0.1) is 0 Å². The van der Waals surface area contributed by atoms with Crippen LogP contribution in [0.4, 0.5) is 10.5 Å². The summed E-state index contributed by atoms with van der Waals surface area (Å²) in [6, 6.07) is 18.1. The Morgan fingerprint density at radius 3 is 2.59 bits per heavy atom. The molecular formula is C22H23N3O2. The first-order valence-corrected chi connectivity index (χ1v) is 8.89. The largest absolute Gasteiger partial charge is 0.443 e. The average Bonchev–Trinajstić information content (AvgIpc) is 2.98. The molecule has 138 valence electrons. The summed E-state index contributed by atoms with van der Waals surface area (Å²) in [5.74, 6) is 0. The third-order valence-corrected chi connectivity index (χ3v) is 4.09. The number of hydrogen-bond donors (Lipinski definition) is 1. The number of nitrogens with one attached hydrogen (secondary N) is 1. The molecule has 5 heteroatoms. The third kappa shape index (κ3) is 4.48. The molecule has 3 aromatic rings. The van der Waals surface area contributed by atoms with Crippen molar-refractivity contribution < 1.29 is 9.53 Å². The lowest BCUT2D eigenvalue weighted by Gasteiger charge is -2.19. The Balaban J connectivity index is 1.94. The lowest BCUT2D eigenvalue weighted by Crippen LogP contribution is -2.26. The second kappa shape index (κ2) is 7.55. The van der Waals surface area contributed by atoms with Crippen molar-refractivity contribution in [1.29, 1.82) is 5.26 Å². The number of anilines is 1. The van der Waals surface area contributed by atoms with Crippen LogP contribution in [0.2, 0.25) is 0 Å². The predicted octanol–water partition coefficient (Wildman–Crippen LogP) is 5.10. The van der Waals surface area contributed by atoms with Crippen molar-refractivity contribution in [3.05, 3.63) is 65.9 Å². The molecule has 1 heterocycles. The summed E-state index contributed by atoms with van der Waals surface area (Å²) in [6.07, 6.45) is 1.49. The lowest BCUT2D eigenvalue weighted by molar-refractivity contribution is 0.0544. The van der Waals surface area contributed by atoms with Gasteiger partial charge in [-0.1, -0.05) is 36.4 Å². The van der Waals surface area contributed by atoms with E-state index in [1.807, 2.05) is 57.2 Å². The summed E-state index contributed by atoms with van der Waals surface area (Å²) in [6.45, 7) is 6.18. The first kappa shape index (κ1) is 18.5. The van der Waals surface area contributed by atoms with Crippen LogP contribution in [0.5, 0.6) is 0 Å². The van der Waals surface area contributed by atoms with Crippen molar-refractivity contribution >= 4 is 22.7 Å². The fourth-order valence-corrected chi connectivity index (χ4v) is 2.90. The van der Waals surface area contributed by atoms with Gasteiger partial charge in [-0.3, -0.25) is 4.57 Å². The molecule has 1 N–H and O–H groups in total. The van der Waals surface area contributed by atoms with Crippen LogP contribution in [0.1, 0.15) is 31.9 Å². The molecule has 5 nitrogen and oxygen atoms in total. The van der Waals surface area contributed by atoms with Crippen LogP contribution in [-0.4, -0.2) is 16.3 Å². The Labute approximate surface area is 159 Å². The number of hydrogen-bond acceptors (Lipinski definition) is 4. The van der Waals surface area contributed by atoms with Crippen molar-refractivity contribution in [1.82, 2.24) is 4.57 Å². The van der Waals surface area contributed by atoms with E-state index >= 15 is 0 Å². The molecule has 0 radical (unpaired) electrons. The third-order valence-electron chi connectivity index (χ3n) is 4.09. The maximum Gasteiger partial charge on any atom is 0.419 e. The maximum atomic E-state index is 12.6. The van der Waals surface area contributed by atoms with Crippen LogP contribution in [-0.2, 0) is 17.7 Å². The number of rotatable bonds is 4. The Hall–Kier alpha value is -3.26. The number of nitriles is 1. The Morgan fingerprint density at radius 1 is 1.19 bits per heavy atom. The topological polar surface area (TPSA) is 67.0 Å². The van der Waals surface area contributed by atoms with Gasteiger partial charge in [-0.05, 0) is 44.0 Å². The molecule has 0 aliphatic carbocycles. The molecule has 0 spiro atoms. The molecule has 1 aromatic heterocycles. The van der Waals surface area contributed by atoms with Gasteiger partial charge in [-0.2, -0.15) is 5.26 Å². The van der Waals surface area contributed by atoms with Crippen LogP contribution < -0.4 is 5.32 Å². The van der Waals surface area contributed by atoms with Crippen molar-refractivity contribution in [3.63, 3.8) is 0 Å². The van der Waals surface area contributed by atoms with E-state index in [0.717, 1.165) is 22.2 Å². The average molecular weight is 361 g/mol. The van der Waals surface area contributed by atoms with E-state index in [4.69, 9.17) is 10.00 Å². The van der Waals surface area contributed by atoms with Crippen LogP contribution in [0.3, 0.4) is 0 Å². The summed E-state index contributed by atoms with van der Waals surface area (Å²) in [5, 5.41) is 13.4. The quantitative estimate of drug-likeness (QED) is 0.702. The molecule has 3 rings (SSSR count). The van der Waals surface area contributed by atoms with Gasteiger partial charge < -0.3 is 10.1 Å². The number of ether oxygens (including phenoxy) is 1. The van der Waals surface area contributed by atoms with E-state index in [0.29, 0.717) is 6.54 Å². The van der Waals surface area contributed by atoms with Gasteiger partial charge in [0.1, 0.15) is 5.60 Å². The SMILES string of the molecule is CC(C)(C)OC(=O)n1cc(CC#N)c2ccc(NCc3ccccc3)cc21. The standard InChI is InChI=1S/C22H23N3O2/c1-22(2,3)27-21(26)25-15-17(11-12-23)19-10-9-18(13-20(19)25)24-14-16-7-5-4-6-8-16/h4-10,13,15,24H,11,14H2,1-3H3. The highest BCUT2D eigenvalue weighted by molar-refractivity contribution is 5.94. The van der Waals surface area contributed by atoms with E-state index in [1.54, 1.807) is 6.20 Å². The van der Waals surface area contributed by atoms with Gasteiger partial charge >= 0.3 is 6.09 Å². The second-order valence-corrected chi connectivity index (χ2v) is 7.41. The van der Waals surface area contributed by atoms with E-state index in [2.05, 4.69) is 23.5 Å². The molecular weight excluding hydrogens is 338 g/mol. The Morgan fingerprint density at radius 2 is 1.93 bits per heavy atom. The second-order valence-electron chi connectivity index (χ2n) is 7.41. The van der Waals surface area contributed by atoms with Crippen LogP contribution >= 0.6 is 0 Å². The molecule has 0 saturated carbocycles. The highest BCUT2D eigenvalue weighted by Gasteiger charge is 2.21. The molecule has 0 unspecified atom stereocenters. The lowest BCUT2D eigenvalue weighted by atomic mass is 10.1. The predicted molar refractivity (Wildman–Crippen MR) is 107 cm³/mol. The number of carbonyl (C=O) groups is 1. The minimum atomic E-state index is -0.591. The first-order valence-electron chi connectivity index (χ1n) is 8.89. The zero-order chi connectivity index (χ0) is 19.4. The van der Waals surface area contributed by atoms with E-state index < -0.39 is 11.7 Å². The first-order chi connectivity index (χ1) is 12.9. The summed E-state index contributed by atoms with van der Waals surface area (Å²) < 4.78 is 7.00. The van der Waals surface area contributed by atoms with Gasteiger partial charge in [0.2, 0.25) is 0 Å². The Kier molecular flexibility index (Phi) is 5.18. The van der Waals surface area contributed by atoms with Crippen molar-refractivity contribution in [3.8, 4) is 6.07 Å². The molecule has 27 heavy (non-hydrogen) atoms. The highest BCUT2D eigenvalue weighted by Crippen LogP contribution is 2.26. The van der Waals surface area contributed by atoms with E-state index in [9.17, 15) is 4.79 Å². The number of benzene rings is 2. The molecule has 0 atom stereocenters. The van der Waals surface area contributed by atoms with Crippen molar-refractivity contribution in [2.24, 2.45) is 0 Å². The van der Waals surface area contributed by atoms with Crippen LogP contribution in [0.15, 0.2) is 54.7 Å². The summed E-state index contributed by atoms with van der Waals surface area (Å²) in [5.41, 5.74) is 3.02. The van der Waals surface area contributed by atoms with Gasteiger partial charge in [0.15, 0.2) is 0 Å². The van der Waals surface area contributed by atoms with Crippen molar-refractivity contribution in [2.75, 3.05) is 5.32 Å². The Bertz CT molecular complexity index is 992. The number of aromatic nitrogens is 1. The number of carbonyl (C=O) groups excluding carboxylic acids is 1. The zero-order valence-electron chi connectivity index (χ0n) is 15.8. The minimum Gasteiger partial charge on any atom is -0.443 e. The fraction of sp³-hybridized carbons (Fsp3) is 0.273. The smallest absolute Gasteiger partial charge is 0.419 e. The summed E-state index contributed by atoms with van der Waals surface area (Å²) in [4.78, 5) is 12.6. The molecule has 0 bridgehead atoms. The van der Waals surface area contributed by atoms with Gasteiger partial charge in [0.05, 0.1) is 18.0 Å². The van der Waals surface area contributed by atoms with Gasteiger partial charge in [-0.25, -0.2) is 4.79 Å². The van der Waals surface area contributed by atoms with Gasteiger partial charge in [0.25, 0.3) is 0 Å². The van der Waals surface area contributed by atoms with Crippen LogP contribution in [0, 0.1) is 11.3 Å². The highest BCUT2D eigenvalue weighted by atomic mass is 16.6. The molecule has 0 aliphatic heterocycles. The van der Waals surface area contributed by atoms with Gasteiger partial charge in [0, 0.05) is 23.8 Å². The number of nitrogens with zero attached hydrogens (tertiary/aromatic N) is 2. The molecule has 2 aromatic carbocycles. The molecule has 0 saturated heterocycles. The summed E-state index contributed by atoms with van der Waals surface area (Å²) >= 11 is 0. The normalized spacial score (nSPS) is 11.2. The van der Waals surface area contributed by atoms with E-state index in [-0.39, 0.29) is 6.42 Å². The zero-order valence-corrected chi connectivity index (χ0v) is 15.8. The molecule has 0 amide bonds. The summed E-state index contributed by atoms with van der Waals surface area (Å²) in [7, 11) is 0. The molecule has 0 fully saturated rings. The van der Waals surface area contributed by atoms with Crippen molar-refractivity contribution in [2.45, 2.75) is 39.3 Å².